The largest absolute Gasteiger partial charge is 0.383 e. The Balaban J connectivity index is 2.33. The van der Waals surface area contributed by atoms with Gasteiger partial charge in [0.2, 0.25) is 0 Å². The van der Waals surface area contributed by atoms with Crippen molar-refractivity contribution in [1.29, 1.82) is 0 Å². The third kappa shape index (κ3) is 4.26. The molecule has 1 heterocycles. The Morgan fingerprint density at radius 2 is 2.25 bits per heavy atom. The van der Waals surface area contributed by atoms with Gasteiger partial charge in [-0.25, -0.2) is 4.68 Å². The number of nitrogens with zero attached hydrogens (tertiary/aromatic N) is 3. The Hall–Kier alpha value is -0.980. The molecule has 0 saturated carbocycles. The van der Waals surface area contributed by atoms with E-state index in [2.05, 4.69) is 15.6 Å². The van der Waals surface area contributed by atoms with Crippen LogP contribution in [0.25, 0.3) is 0 Å². The van der Waals surface area contributed by atoms with Gasteiger partial charge < -0.3 is 14.8 Å². The fourth-order valence-electron chi connectivity index (χ4n) is 1.32. The number of ether oxygens (including phenoxy) is 2. The van der Waals surface area contributed by atoms with E-state index in [-0.39, 0.29) is 6.04 Å². The number of hydrogen-bond donors (Lipinski definition) is 1. The monoisotopic (exact) mass is 228 g/mol. The number of hydrogen-bond acceptors (Lipinski definition) is 5. The lowest BCUT2D eigenvalue weighted by Crippen LogP contribution is -2.18. The molecule has 1 rings (SSSR count). The number of nitrogens with one attached hydrogen (secondary N) is 1. The molecule has 1 unspecified atom stereocenters. The summed E-state index contributed by atoms with van der Waals surface area (Å²) in [6.45, 7) is 4.91. The summed E-state index contributed by atoms with van der Waals surface area (Å²) in [7, 11) is 3.37. The summed E-state index contributed by atoms with van der Waals surface area (Å²) < 4.78 is 11.8. The van der Waals surface area contributed by atoms with E-state index in [4.69, 9.17) is 9.47 Å². The van der Waals surface area contributed by atoms with E-state index in [0.717, 1.165) is 12.2 Å². The van der Waals surface area contributed by atoms with Crippen molar-refractivity contribution in [2.45, 2.75) is 19.5 Å². The Bertz CT molecular complexity index is 290. The molecule has 0 aliphatic rings. The van der Waals surface area contributed by atoms with Crippen LogP contribution >= 0.6 is 0 Å². The summed E-state index contributed by atoms with van der Waals surface area (Å²) in [6.07, 6.45) is 1.93. The Morgan fingerprint density at radius 3 is 2.94 bits per heavy atom. The topological polar surface area (TPSA) is 61.2 Å². The molecule has 0 spiro atoms. The van der Waals surface area contributed by atoms with Crippen LogP contribution in [0, 0.1) is 0 Å². The molecule has 1 aromatic rings. The fourth-order valence-corrected chi connectivity index (χ4v) is 1.32. The molecule has 0 aliphatic heterocycles. The molecular formula is C10H20N4O2. The molecule has 6 heteroatoms. The third-order valence-electron chi connectivity index (χ3n) is 2.21. The lowest BCUT2D eigenvalue weighted by atomic mass is 10.3. The molecule has 0 saturated heterocycles. The van der Waals surface area contributed by atoms with E-state index in [1.807, 2.05) is 17.8 Å². The zero-order valence-corrected chi connectivity index (χ0v) is 10.1. The molecule has 6 nitrogen and oxygen atoms in total. The van der Waals surface area contributed by atoms with E-state index in [0.29, 0.717) is 19.8 Å². The maximum absolute atomic E-state index is 5.06. The van der Waals surface area contributed by atoms with E-state index < -0.39 is 0 Å². The van der Waals surface area contributed by atoms with E-state index in [1.165, 1.54) is 0 Å². The molecule has 16 heavy (non-hydrogen) atoms. The van der Waals surface area contributed by atoms with Gasteiger partial charge in [0.15, 0.2) is 0 Å². The first kappa shape index (κ1) is 13.1. The van der Waals surface area contributed by atoms with Gasteiger partial charge in [0.25, 0.3) is 0 Å². The Morgan fingerprint density at radius 1 is 1.44 bits per heavy atom. The predicted molar refractivity (Wildman–Crippen MR) is 60.2 cm³/mol. The smallest absolute Gasteiger partial charge is 0.0964 e. The van der Waals surface area contributed by atoms with Crippen molar-refractivity contribution in [2.24, 2.45) is 0 Å². The minimum absolute atomic E-state index is 0.213. The van der Waals surface area contributed by atoms with Gasteiger partial charge in [0, 0.05) is 27.3 Å². The van der Waals surface area contributed by atoms with Crippen LogP contribution in [0.5, 0.6) is 0 Å². The van der Waals surface area contributed by atoms with Crippen LogP contribution < -0.4 is 5.32 Å². The summed E-state index contributed by atoms with van der Waals surface area (Å²) >= 11 is 0. The molecule has 92 valence electrons. The standard InChI is InChI=1S/C10H20N4O2/c1-9(8-16-3)14-7-10(12-13-14)6-11-4-5-15-2/h7,9,11H,4-6,8H2,1-3H3. The van der Waals surface area contributed by atoms with Gasteiger partial charge in [-0.15, -0.1) is 5.10 Å². The molecule has 1 N–H and O–H groups in total. The third-order valence-corrected chi connectivity index (χ3v) is 2.21. The SMILES string of the molecule is COCCNCc1cn(C(C)COC)nn1. The van der Waals surface area contributed by atoms with Crippen LogP contribution in [-0.4, -0.2) is 49.0 Å². The fraction of sp³-hybridized carbons (Fsp3) is 0.800. The highest BCUT2D eigenvalue weighted by molar-refractivity contribution is 4.92. The van der Waals surface area contributed by atoms with Crippen LogP contribution in [0.15, 0.2) is 6.20 Å². The zero-order valence-electron chi connectivity index (χ0n) is 10.1. The first-order valence-electron chi connectivity index (χ1n) is 5.37. The Kier molecular flexibility index (Phi) is 5.99. The maximum atomic E-state index is 5.06. The van der Waals surface area contributed by atoms with Crippen molar-refractivity contribution in [3.63, 3.8) is 0 Å². The zero-order chi connectivity index (χ0) is 11.8. The predicted octanol–water partition coefficient (Wildman–Crippen LogP) is 0.221. The van der Waals surface area contributed by atoms with Crippen molar-refractivity contribution in [2.75, 3.05) is 34.0 Å². The van der Waals surface area contributed by atoms with E-state index in [1.54, 1.807) is 14.2 Å². The minimum atomic E-state index is 0.213. The van der Waals surface area contributed by atoms with Crippen molar-refractivity contribution in [3.8, 4) is 0 Å². The first-order chi connectivity index (χ1) is 7.77. The summed E-state index contributed by atoms with van der Waals surface area (Å²) in [5, 5.41) is 11.3. The van der Waals surface area contributed by atoms with Gasteiger partial charge in [-0.1, -0.05) is 5.21 Å². The molecule has 0 aliphatic carbocycles. The first-order valence-corrected chi connectivity index (χ1v) is 5.37. The average molecular weight is 228 g/mol. The highest BCUT2D eigenvalue weighted by Crippen LogP contribution is 2.04. The highest BCUT2D eigenvalue weighted by Gasteiger charge is 2.06. The van der Waals surface area contributed by atoms with Crippen molar-refractivity contribution in [3.05, 3.63) is 11.9 Å². The summed E-state index contributed by atoms with van der Waals surface area (Å²) in [4.78, 5) is 0. The van der Waals surface area contributed by atoms with Crippen molar-refractivity contribution in [1.82, 2.24) is 20.3 Å². The van der Waals surface area contributed by atoms with Crippen molar-refractivity contribution < 1.29 is 9.47 Å². The lowest BCUT2D eigenvalue weighted by molar-refractivity contribution is 0.156. The van der Waals surface area contributed by atoms with Crippen LogP contribution in [0.3, 0.4) is 0 Å². The van der Waals surface area contributed by atoms with Gasteiger partial charge in [0.05, 0.1) is 31.1 Å². The molecule has 1 aromatic heterocycles. The second-order valence-electron chi connectivity index (χ2n) is 3.66. The quantitative estimate of drug-likeness (QED) is 0.645. The normalized spacial score (nSPS) is 12.9. The van der Waals surface area contributed by atoms with Gasteiger partial charge in [-0.2, -0.15) is 0 Å². The number of methoxy groups -OCH3 is 2. The van der Waals surface area contributed by atoms with E-state index in [9.17, 15) is 0 Å². The maximum Gasteiger partial charge on any atom is 0.0964 e. The summed E-state index contributed by atoms with van der Waals surface area (Å²) in [5.41, 5.74) is 0.930. The van der Waals surface area contributed by atoms with Gasteiger partial charge in [-0.3, -0.25) is 0 Å². The molecule has 1 atom stereocenters. The molecule has 0 fully saturated rings. The van der Waals surface area contributed by atoms with Crippen LogP contribution in [0.2, 0.25) is 0 Å². The van der Waals surface area contributed by atoms with Crippen LogP contribution in [0.4, 0.5) is 0 Å². The highest BCUT2D eigenvalue weighted by atomic mass is 16.5. The van der Waals surface area contributed by atoms with Crippen molar-refractivity contribution >= 4 is 0 Å². The van der Waals surface area contributed by atoms with Gasteiger partial charge in [0.1, 0.15) is 0 Å². The summed E-state index contributed by atoms with van der Waals surface area (Å²) in [5.74, 6) is 0. The van der Waals surface area contributed by atoms with E-state index >= 15 is 0 Å². The molecular weight excluding hydrogens is 208 g/mol. The Labute approximate surface area is 95.9 Å². The molecule has 0 radical (unpaired) electrons. The van der Waals surface area contributed by atoms with Crippen LogP contribution in [0.1, 0.15) is 18.7 Å². The second kappa shape index (κ2) is 7.32. The minimum Gasteiger partial charge on any atom is -0.383 e. The van der Waals surface area contributed by atoms with Crippen LogP contribution in [-0.2, 0) is 16.0 Å². The second-order valence-corrected chi connectivity index (χ2v) is 3.66. The summed E-state index contributed by atoms with van der Waals surface area (Å²) in [6, 6.07) is 0.213. The molecule has 0 bridgehead atoms. The van der Waals surface area contributed by atoms with Gasteiger partial charge >= 0.3 is 0 Å². The average Bonchev–Trinajstić information content (AvgIpc) is 2.73. The van der Waals surface area contributed by atoms with Gasteiger partial charge in [-0.05, 0) is 6.92 Å². The number of aromatic nitrogens is 3. The lowest BCUT2D eigenvalue weighted by Gasteiger charge is -2.08. The number of rotatable bonds is 8. The molecule has 0 amide bonds. The molecule has 0 aromatic carbocycles.